The molecule has 176 valence electrons. The molecule has 1 aliphatic heterocycles. The highest BCUT2D eigenvalue weighted by Crippen LogP contribution is 2.41. The van der Waals surface area contributed by atoms with Gasteiger partial charge in [-0.05, 0) is 68.9 Å². The molecule has 2 aromatic carbocycles. The Morgan fingerprint density at radius 1 is 1.09 bits per heavy atom. The van der Waals surface area contributed by atoms with Crippen LogP contribution in [0, 0.1) is 0 Å². The second-order valence-electron chi connectivity index (χ2n) is 8.75. The summed E-state index contributed by atoms with van der Waals surface area (Å²) in [6.45, 7) is 9.34. The first-order valence-electron chi connectivity index (χ1n) is 11.6. The molecular weight excluding hydrogens is 422 g/mol. The van der Waals surface area contributed by atoms with Crippen LogP contribution in [0.4, 0.5) is 0 Å². The fourth-order valence-corrected chi connectivity index (χ4v) is 6.17. The predicted molar refractivity (Wildman–Crippen MR) is 129 cm³/mol. The molecule has 0 spiro atoms. The molecule has 1 aliphatic rings. The highest BCUT2D eigenvalue weighted by molar-refractivity contribution is 7.89. The van der Waals surface area contributed by atoms with Crippen molar-refractivity contribution in [1.29, 1.82) is 0 Å². The van der Waals surface area contributed by atoms with Gasteiger partial charge in [0.15, 0.2) is 0 Å². The molecule has 1 heterocycles. The standard InChI is InChI=1S/C25H37N3O3S/c1-5-27(6-2)32(29,30)23-14-15-24(31-20(3)4)21(18-23)19-25(16-10-11-17-28(25)26)22-12-8-7-9-13-22/h7-9,12-15,18,20H,5-6,10-11,16-17,19,26H2,1-4H3. The number of hydrazine groups is 1. The van der Waals surface area contributed by atoms with Crippen LogP contribution in [-0.4, -0.2) is 43.5 Å². The number of nitrogens with zero attached hydrogens (tertiary/aromatic N) is 2. The topological polar surface area (TPSA) is 75.9 Å². The number of nitrogens with two attached hydrogens (primary N) is 1. The maximum atomic E-state index is 13.2. The smallest absolute Gasteiger partial charge is 0.243 e. The summed E-state index contributed by atoms with van der Waals surface area (Å²) in [6.07, 6.45) is 3.59. The predicted octanol–water partition coefficient (Wildman–Crippen LogP) is 4.30. The molecule has 0 aromatic heterocycles. The van der Waals surface area contributed by atoms with Crippen LogP contribution in [0.1, 0.15) is 58.1 Å². The van der Waals surface area contributed by atoms with E-state index in [1.165, 1.54) is 4.31 Å². The lowest BCUT2D eigenvalue weighted by molar-refractivity contribution is 0.0416. The Hall–Kier alpha value is -1.93. The third-order valence-electron chi connectivity index (χ3n) is 6.32. The molecule has 7 heteroatoms. The molecule has 0 bridgehead atoms. The van der Waals surface area contributed by atoms with E-state index in [4.69, 9.17) is 10.6 Å². The van der Waals surface area contributed by atoms with Gasteiger partial charge in [-0.25, -0.2) is 13.4 Å². The fourth-order valence-electron chi connectivity index (χ4n) is 4.66. The zero-order chi connectivity index (χ0) is 23.4. The van der Waals surface area contributed by atoms with E-state index < -0.39 is 15.6 Å². The number of piperidine rings is 1. The normalized spacial score (nSPS) is 20.1. The van der Waals surface area contributed by atoms with Gasteiger partial charge in [0, 0.05) is 19.6 Å². The molecule has 1 atom stereocenters. The molecule has 2 aromatic rings. The van der Waals surface area contributed by atoms with E-state index in [0.29, 0.717) is 30.2 Å². The van der Waals surface area contributed by atoms with Crippen molar-refractivity contribution in [2.45, 2.75) is 69.9 Å². The highest BCUT2D eigenvalue weighted by atomic mass is 32.2. The zero-order valence-corrected chi connectivity index (χ0v) is 20.6. The van der Waals surface area contributed by atoms with Crippen LogP contribution < -0.4 is 10.6 Å². The van der Waals surface area contributed by atoms with Gasteiger partial charge in [0.2, 0.25) is 10.0 Å². The van der Waals surface area contributed by atoms with Gasteiger partial charge < -0.3 is 4.74 Å². The largest absolute Gasteiger partial charge is 0.491 e. The fraction of sp³-hybridized carbons (Fsp3) is 0.520. The van der Waals surface area contributed by atoms with Crippen LogP contribution in [0.15, 0.2) is 53.4 Å². The molecule has 3 rings (SSSR count). The van der Waals surface area contributed by atoms with E-state index in [1.807, 2.05) is 50.9 Å². The molecule has 1 saturated heterocycles. The molecule has 1 fully saturated rings. The summed E-state index contributed by atoms with van der Waals surface area (Å²) in [5.41, 5.74) is 1.61. The van der Waals surface area contributed by atoms with E-state index in [0.717, 1.165) is 36.9 Å². The lowest BCUT2D eigenvalue weighted by Gasteiger charge is -2.45. The quantitative estimate of drug-likeness (QED) is 0.566. The summed E-state index contributed by atoms with van der Waals surface area (Å²) >= 11 is 0. The Labute approximate surface area is 193 Å². The molecule has 32 heavy (non-hydrogen) atoms. The minimum atomic E-state index is -3.57. The molecule has 0 amide bonds. The Balaban J connectivity index is 2.12. The first-order valence-corrected chi connectivity index (χ1v) is 13.1. The van der Waals surface area contributed by atoms with Crippen LogP contribution in [0.2, 0.25) is 0 Å². The Kier molecular flexibility index (Phi) is 7.98. The van der Waals surface area contributed by atoms with Crippen LogP contribution in [0.3, 0.4) is 0 Å². The van der Waals surface area contributed by atoms with Crippen molar-refractivity contribution in [2.75, 3.05) is 19.6 Å². The van der Waals surface area contributed by atoms with Gasteiger partial charge in [0.25, 0.3) is 0 Å². The second-order valence-corrected chi connectivity index (χ2v) is 10.7. The highest BCUT2D eigenvalue weighted by Gasteiger charge is 2.40. The van der Waals surface area contributed by atoms with Crippen LogP contribution in [-0.2, 0) is 22.0 Å². The van der Waals surface area contributed by atoms with Gasteiger partial charge in [-0.2, -0.15) is 4.31 Å². The Bertz CT molecular complexity index is 991. The van der Waals surface area contributed by atoms with Crippen molar-refractivity contribution in [3.8, 4) is 5.75 Å². The van der Waals surface area contributed by atoms with Crippen molar-refractivity contribution < 1.29 is 13.2 Å². The number of ether oxygens (including phenoxy) is 1. The van der Waals surface area contributed by atoms with Gasteiger partial charge in [-0.1, -0.05) is 44.2 Å². The molecule has 2 N–H and O–H groups in total. The summed E-state index contributed by atoms with van der Waals surface area (Å²) in [6, 6.07) is 15.6. The first kappa shape index (κ1) is 24.7. The molecule has 0 radical (unpaired) electrons. The van der Waals surface area contributed by atoms with E-state index in [-0.39, 0.29) is 6.10 Å². The van der Waals surface area contributed by atoms with Gasteiger partial charge >= 0.3 is 0 Å². The monoisotopic (exact) mass is 459 g/mol. The molecule has 6 nitrogen and oxygen atoms in total. The van der Waals surface area contributed by atoms with Crippen molar-refractivity contribution >= 4 is 10.0 Å². The number of benzene rings is 2. The summed E-state index contributed by atoms with van der Waals surface area (Å²) in [5.74, 6) is 7.34. The van der Waals surface area contributed by atoms with Crippen molar-refractivity contribution in [2.24, 2.45) is 5.84 Å². The summed E-state index contributed by atoms with van der Waals surface area (Å²) in [7, 11) is -3.57. The number of rotatable bonds is 9. The van der Waals surface area contributed by atoms with Crippen molar-refractivity contribution in [3.05, 3.63) is 59.7 Å². The number of hydrogen-bond acceptors (Lipinski definition) is 5. The maximum Gasteiger partial charge on any atom is 0.243 e. The van der Waals surface area contributed by atoms with E-state index in [1.54, 1.807) is 18.2 Å². The van der Waals surface area contributed by atoms with E-state index in [9.17, 15) is 8.42 Å². The van der Waals surface area contributed by atoms with Gasteiger partial charge in [-0.15, -0.1) is 0 Å². The Morgan fingerprint density at radius 2 is 1.78 bits per heavy atom. The van der Waals surface area contributed by atoms with Crippen molar-refractivity contribution in [1.82, 2.24) is 9.31 Å². The molecule has 0 aliphatic carbocycles. The van der Waals surface area contributed by atoms with Gasteiger partial charge in [-0.3, -0.25) is 5.84 Å². The zero-order valence-electron chi connectivity index (χ0n) is 19.8. The minimum Gasteiger partial charge on any atom is -0.491 e. The average Bonchev–Trinajstić information content (AvgIpc) is 2.77. The SMILES string of the molecule is CCN(CC)S(=O)(=O)c1ccc(OC(C)C)c(CC2(c3ccccc3)CCCCN2N)c1. The van der Waals surface area contributed by atoms with Gasteiger partial charge in [0.1, 0.15) is 5.75 Å². The van der Waals surface area contributed by atoms with Crippen LogP contribution in [0.25, 0.3) is 0 Å². The van der Waals surface area contributed by atoms with Gasteiger partial charge in [0.05, 0.1) is 16.5 Å². The van der Waals surface area contributed by atoms with Crippen LogP contribution >= 0.6 is 0 Å². The van der Waals surface area contributed by atoms with Crippen LogP contribution in [0.5, 0.6) is 5.75 Å². The Morgan fingerprint density at radius 3 is 2.38 bits per heavy atom. The number of hydrogen-bond donors (Lipinski definition) is 1. The third-order valence-corrected chi connectivity index (χ3v) is 8.37. The molecular formula is C25H37N3O3S. The second kappa shape index (κ2) is 10.3. The van der Waals surface area contributed by atoms with E-state index in [2.05, 4.69) is 12.1 Å². The first-order chi connectivity index (χ1) is 15.2. The summed E-state index contributed by atoms with van der Waals surface area (Å²) in [5, 5.41) is 1.94. The molecule has 1 unspecified atom stereocenters. The lowest BCUT2D eigenvalue weighted by atomic mass is 9.77. The lowest BCUT2D eigenvalue weighted by Crippen LogP contribution is -2.54. The number of sulfonamides is 1. The minimum absolute atomic E-state index is 0.0213. The van der Waals surface area contributed by atoms with E-state index >= 15 is 0 Å². The summed E-state index contributed by atoms with van der Waals surface area (Å²) < 4.78 is 34.1. The van der Waals surface area contributed by atoms with Crippen molar-refractivity contribution in [3.63, 3.8) is 0 Å². The third kappa shape index (κ3) is 5.01. The molecule has 0 saturated carbocycles. The maximum absolute atomic E-state index is 13.2. The average molecular weight is 460 g/mol. The summed E-state index contributed by atoms with van der Waals surface area (Å²) in [4.78, 5) is 0.301.